The maximum atomic E-state index is 5.91. The highest BCUT2D eigenvalue weighted by molar-refractivity contribution is 7.99. The summed E-state index contributed by atoms with van der Waals surface area (Å²) in [4.78, 5) is 1.10. The molecule has 0 fully saturated rings. The van der Waals surface area contributed by atoms with E-state index in [1.54, 1.807) is 17.8 Å². The van der Waals surface area contributed by atoms with Gasteiger partial charge in [0, 0.05) is 21.3 Å². The average molecular weight is 293 g/mol. The quantitative estimate of drug-likeness (QED) is 0.492. The lowest BCUT2D eigenvalue weighted by Crippen LogP contribution is -1.92. The predicted molar refractivity (Wildman–Crippen MR) is 85.8 cm³/mol. The van der Waals surface area contributed by atoms with E-state index in [2.05, 4.69) is 12.1 Å². The van der Waals surface area contributed by atoms with Gasteiger partial charge in [-0.05, 0) is 54.5 Å². The van der Waals surface area contributed by atoms with E-state index in [9.17, 15) is 0 Å². The second-order valence-electron chi connectivity index (χ2n) is 4.38. The predicted octanol–water partition coefficient (Wildman–Crippen LogP) is 4.23. The van der Waals surface area contributed by atoms with Crippen molar-refractivity contribution < 1.29 is 0 Å². The normalized spacial score (nSPS) is 10.6. The van der Waals surface area contributed by atoms with Gasteiger partial charge in [-0.15, -0.1) is 11.8 Å². The number of benzene rings is 2. The van der Waals surface area contributed by atoms with Gasteiger partial charge in [-0.3, -0.25) is 0 Å². The van der Waals surface area contributed by atoms with E-state index in [-0.39, 0.29) is 0 Å². The highest BCUT2D eigenvalue weighted by Crippen LogP contribution is 2.28. The Morgan fingerprint density at radius 1 is 1.00 bits per heavy atom. The lowest BCUT2D eigenvalue weighted by Gasteiger charge is -2.06. The van der Waals surface area contributed by atoms with E-state index in [0.717, 1.165) is 34.9 Å². The summed E-state index contributed by atoms with van der Waals surface area (Å²) < 4.78 is 0. The van der Waals surface area contributed by atoms with Crippen LogP contribution in [0.4, 0.5) is 11.4 Å². The molecule has 0 unspecified atom stereocenters. The van der Waals surface area contributed by atoms with Crippen molar-refractivity contribution in [3.05, 3.63) is 53.1 Å². The Morgan fingerprint density at radius 2 is 1.74 bits per heavy atom. The fourth-order valence-corrected chi connectivity index (χ4v) is 2.87. The van der Waals surface area contributed by atoms with Gasteiger partial charge >= 0.3 is 0 Å². The van der Waals surface area contributed by atoms with Crippen LogP contribution in [0.1, 0.15) is 12.0 Å². The molecule has 0 aliphatic rings. The summed E-state index contributed by atoms with van der Waals surface area (Å²) in [5.74, 6) is 1.04. The molecule has 0 saturated heterocycles. The third-order valence-corrected chi connectivity index (χ3v) is 4.23. The van der Waals surface area contributed by atoms with E-state index in [1.807, 2.05) is 24.3 Å². The molecule has 0 saturated carbocycles. The minimum absolute atomic E-state index is 0.684. The number of anilines is 2. The van der Waals surface area contributed by atoms with E-state index < -0.39 is 0 Å². The molecular weight excluding hydrogens is 276 g/mol. The average Bonchev–Trinajstić information content (AvgIpc) is 2.39. The second kappa shape index (κ2) is 6.73. The lowest BCUT2D eigenvalue weighted by molar-refractivity contribution is 0.933. The third kappa shape index (κ3) is 4.37. The highest BCUT2D eigenvalue weighted by atomic mass is 35.5. The molecule has 0 aliphatic carbocycles. The van der Waals surface area contributed by atoms with Gasteiger partial charge in [0.2, 0.25) is 0 Å². The first-order valence-electron chi connectivity index (χ1n) is 6.17. The van der Waals surface area contributed by atoms with Crippen LogP contribution in [0, 0.1) is 0 Å². The number of aryl methyl sites for hydroxylation is 1. The molecule has 2 aromatic carbocycles. The molecule has 19 heavy (non-hydrogen) atoms. The standard InChI is InChI=1S/C15H17ClN2S/c16-12-5-8-15(14(18)10-12)19-9-1-2-11-3-6-13(17)7-4-11/h3-8,10H,1-2,9,17-18H2. The van der Waals surface area contributed by atoms with Gasteiger partial charge in [0.1, 0.15) is 0 Å². The molecule has 4 N–H and O–H groups in total. The van der Waals surface area contributed by atoms with Crippen LogP contribution in [0.15, 0.2) is 47.4 Å². The summed E-state index contributed by atoms with van der Waals surface area (Å²) in [6.45, 7) is 0. The number of halogens is 1. The fraction of sp³-hybridized carbons (Fsp3) is 0.200. The van der Waals surface area contributed by atoms with Crippen molar-refractivity contribution in [1.82, 2.24) is 0 Å². The van der Waals surface area contributed by atoms with Crippen LogP contribution in [0.3, 0.4) is 0 Å². The zero-order valence-electron chi connectivity index (χ0n) is 10.6. The molecule has 4 heteroatoms. The number of hydrogen-bond donors (Lipinski definition) is 2. The van der Waals surface area contributed by atoms with Crippen LogP contribution >= 0.6 is 23.4 Å². The van der Waals surface area contributed by atoms with E-state index >= 15 is 0 Å². The van der Waals surface area contributed by atoms with E-state index in [1.165, 1.54) is 5.56 Å². The van der Waals surface area contributed by atoms with Crippen LogP contribution in [-0.4, -0.2) is 5.75 Å². The zero-order chi connectivity index (χ0) is 13.7. The Hall–Kier alpha value is -1.32. The van der Waals surface area contributed by atoms with Crippen LogP contribution in [0.5, 0.6) is 0 Å². The van der Waals surface area contributed by atoms with Gasteiger partial charge in [0.25, 0.3) is 0 Å². The van der Waals surface area contributed by atoms with E-state index in [4.69, 9.17) is 23.1 Å². The van der Waals surface area contributed by atoms with Gasteiger partial charge < -0.3 is 11.5 Å². The number of thioether (sulfide) groups is 1. The number of nitrogen functional groups attached to an aromatic ring is 2. The first kappa shape index (κ1) is 14.1. The smallest absolute Gasteiger partial charge is 0.0467 e. The first-order valence-corrected chi connectivity index (χ1v) is 7.54. The lowest BCUT2D eigenvalue weighted by atomic mass is 10.1. The molecule has 100 valence electrons. The summed E-state index contributed by atoms with van der Waals surface area (Å²) in [5.41, 5.74) is 14.5. The molecule has 0 amide bonds. The van der Waals surface area contributed by atoms with Gasteiger partial charge in [-0.1, -0.05) is 23.7 Å². The second-order valence-corrected chi connectivity index (χ2v) is 5.95. The molecule has 0 atom stereocenters. The van der Waals surface area contributed by atoms with Crippen molar-refractivity contribution in [2.45, 2.75) is 17.7 Å². The summed E-state index contributed by atoms with van der Waals surface area (Å²) in [6.07, 6.45) is 2.16. The Bertz CT molecular complexity index is 540. The fourth-order valence-electron chi connectivity index (χ4n) is 1.79. The molecular formula is C15H17ClN2S. The number of nitrogens with two attached hydrogens (primary N) is 2. The van der Waals surface area contributed by atoms with Crippen LogP contribution in [0.2, 0.25) is 5.02 Å². The molecule has 0 aliphatic heterocycles. The van der Waals surface area contributed by atoms with Gasteiger partial charge in [-0.2, -0.15) is 0 Å². The highest BCUT2D eigenvalue weighted by Gasteiger charge is 2.01. The van der Waals surface area contributed by atoms with Crippen molar-refractivity contribution in [2.75, 3.05) is 17.2 Å². The molecule has 2 aromatic rings. The van der Waals surface area contributed by atoms with Crippen molar-refractivity contribution in [1.29, 1.82) is 0 Å². The molecule has 0 aromatic heterocycles. The summed E-state index contributed by atoms with van der Waals surface area (Å²) in [5, 5.41) is 0.684. The zero-order valence-corrected chi connectivity index (χ0v) is 12.2. The summed E-state index contributed by atoms with van der Waals surface area (Å²) in [7, 11) is 0. The molecule has 0 heterocycles. The SMILES string of the molecule is Nc1ccc(CCCSc2ccc(Cl)cc2N)cc1. The molecule has 2 nitrogen and oxygen atoms in total. The number of rotatable bonds is 5. The van der Waals surface area contributed by atoms with Crippen molar-refractivity contribution in [3.8, 4) is 0 Å². The first-order chi connectivity index (χ1) is 9.15. The Kier molecular flexibility index (Phi) is 5.00. The maximum absolute atomic E-state index is 5.91. The largest absolute Gasteiger partial charge is 0.399 e. The minimum atomic E-state index is 0.684. The Morgan fingerprint density at radius 3 is 2.42 bits per heavy atom. The van der Waals surface area contributed by atoms with Crippen LogP contribution in [-0.2, 0) is 6.42 Å². The molecule has 0 spiro atoms. The minimum Gasteiger partial charge on any atom is -0.399 e. The Balaban J connectivity index is 1.79. The monoisotopic (exact) mass is 292 g/mol. The van der Waals surface area contributed by atoms with E-state index in [0.29, 0.717) is 5.02 Å². The van der Waals surface area contributed by atoms with Gasteiger partial charge in [-0.25, -0.2) is 0 Å². The summed E-state index contributed by atoms with van der Waals surface area (Å²) in [6, 6.07) is 13.7. The van der Waals surface area contributed by atoms with Gasteiger partial charge in [0.05, 0.1) is 0 Å². The topological polar surface area (TPSA) is 52.0 Å². The van der Waals surface area contributed by atoms with Crippen molar-refractivity contribution in [2.24, 2.45) is 0 Å². The van der Waals surface area contributed by atoms with Crippen LogP contribution in [0.25, 0.3) is 0 Å². The van der Waals surface area contributed by atoms with Crippen molar-refractivity contribution in [3.63, 3.8) is 0 Å². The molecule has 2 rings (SSSR count). The van der Waals surface area contributed by atoms with Gasteiger partial charge in [0.15, 0.2) is 0 Å². The summed E-state index contributed by atoms with van der Waals surface area (Å²) >= 11 is 7.64. The van der Waals surface area contributed by atoms with Crippen LogP contribution < -0.4 is 11.5 Å². The third-order valence-electron chi connectivity index (χ3n) is 2.82. The molecule has 0 bridgehead atoms. The van der Waals surface area contributed by atoms with Crippen molar-refractivity contribution >= 4 is 34.7 Å². The Labute approximate surface area is 123 Å². The molecule has 0 radical (unpaired) electrons. The number of hydrogen-bond acceptors (Lipinski definition) is 3. The maximum Gasteiger partial charge on any atom is 0.0467 e.